The van der Waals surface area contributed by atoms with Crippen molar-refractivity contribution in [1.82, 2.24) is 25.6 Å². The lowest BCUT2D eigenvalue weighted by molar-refractivity contribution is -0.119. The quantitative estimate of drug-likeness (QED) is 0.474. The van der Waals surface area contributed by atoms with E-state index in [0.29, 0.717) is 29.4 Å². The van der Waals surface area contributed by atoms with Gasteiger partial charge in [0.1, 0.15) is 11.3 Å². The molecule has 0 radical (unpaired) electrons. The molecule has 3 aromatic rings. The number of carbonyl (C=O) groups excluding carboxylic acids is 2. The van der Waals surface area contributed by atoms with Gasteiger partial charge in [0.15, 0.2) is 5.82 Å². The summed E-state index contributed by atoms with van der Waals surface area (Å²) >= 11 is 0. The first-order valence-electron chi connectivity index (χ1n) is 12.5. The zero-order chi connectivity index (χ0) is 24.5. The molecule has 8 heteroatoms. The Hall–Kier alpha value is -3.42. The molecule has 2 aliphatic rings. The van der Waals surface area contributed by atoms with Gasteiger partial charge in [0.2, 0.25) is 5.91 Å². The van der Waals surface area contributed by atoms with Crippen molar-refractivity contribution in [3.05, 3.63) is 41.2 Å². The SMILES string of the molecule is CC(=O)NC1CCC(NC(=O)c2c(C)[nH]c3cnc(-c4cc(C)ccc4OCC4CC4)nc23)CC1. The number of amides is 2. The molecule has 0 unspecified atom stereocenters. The number of benzene rings is 1. The van der Waals surface area contributed by atoms with Gasteiger partial charge in [-0.05, 0) is 70.4 Å². The van der Waals surface area contributed by atoms with Gasteiger partial charge in [0.25, 0.3) is 5.91 Å². The summed E-state index contributed by atoms with van der Waals surface area (Å²) in [4.78, 5) is 37.4. The van der Waals surface area contributed by atoms with E-state index in [4.69, 9.17) is 9.72 Å². The summed E-state index contributed by atoms with van der Waals surface area (Å²) < 4.78 is 6.11. The molecule has 5 rings (SSSR count). The van der Waals surface area contributed by atoms with E-state index >= 15 is 0 Å². The number of rotatable bonds is 7. The molecular weight excluding hydrogens is 442 g/mol. The minimum absolute atomic E-state index is 0.00269. The molecule has 35 heavy (non-hydrogen) atoms. The van der Waals surface area contributed by atoms with Crippen LogP contribution in [0.2, 0.25) is 0 Å². The summed E-state index contributed by atoms with van der Waals surface area (Å²) in [5.74, 6) is 1.84. The number of carbonyl (C=O) groups is 2. The highest BCUT2D eigenvalue weighted by Crippen LogP contribution is 2.34. The number of aromatic amines is 1. The number of nitrogens with one attached hydrogen (secondary N) is 3. The zero-order valence-electron chi connectivity index (χ0n) is 20.6. The fraction of sp³-hybridized carbons (Fsp3) is 0.481. The van der Waals surface area contributed by atoms with Crippen LogP contribution in [0.25, 0.3) is 22.4 Å². The van der Waals surface area contributed by atoms with E-state index in [0.717, 1.165) is 53.8 Å². The van der Waals surface area contributed by atoms with Crippen LogP contribution in [0.1, 0.15) is 67.1 Å². The second-order valence-corrected chi connectivity index (χ2v) is 10.1. The third-order valence-corrected chi connectivity index (χ3v) is 6.97. The van der Waals surface area contributed by atoms with Crippen molar-refractivity contribution in [2.24, 2.45) is 5.92 Å². The maximum Gasteiger partial charge on any atom is 0.255 e. The molecule has 0 spiro atoms. The van der Waals surface area contributed by atoms with Gasteiger partial charge in [-0.15, -0.1) is 0 Å². The molecule has 2 fully saturated rings. The first-order chi connectivity index (χ1) is 16.9. The smallest absolute Gasteiger partial charge is 0.255 e. The monoisotopic (exact) mass is 475 g/mol. The normalized spacial score (nSPS) is 20.0. The van der Waals surface area contributed by atoms with Crippen LogP contribution in [-0.2, 0) is 4.79 Å². The van der Waals surface area contributed by atoms with Crippen molar-refractivity contribution in [2.75, 3.05) is 6.61 Å². The Morgan fingerprint density at radius 3 is 2.46 bits per heavy atom. The van der Waals surface area contributed by atoms with E-state index in [1.54, 1.807) is 13.1 Å². The molecule has 0 saturated heterocycles. The molecule has 2 aromatic heterocycles. The molecule has 2 amide bonds. The van der Waals surface area contributed by atoms with Gasteiger partial charge in [-0.2, -0.15) is 0 Å². The Kier molecular flexibility index (Phi) is 6.45. The highest BCUT2D eigenvalue weighted by atomic mass is 16.5. The van der Waals surface area contributed by atoms with E-state index < -0.39 is 0 Å². The van der Waals surface area contributed by atoms with Crippen molar-refractivity contribution >= 4 is 22.8 Å². The van der Waals surface area contributed by atoms with Gasteiger partial charge in [-0.1, -0.05) is 11.6 Å². The van der Waals surface area contributed by atoms with Crippen LogP contribution in [0.4, 0.5) is 0 Å². The topological polar surface area (TPSA) is 109 Å². The van der Waals surface area contributed by atoms with Crippen LogP contribution in [0.5, 0.6) is 5.75 Å². The predicted molar refractivity (Wildman–Crippen MR) is 134 cm³/mol. The second-order valence-electron chi connectivity index (χ2n) is 10.1. The highest BCUT2D eigenvalue weighted by Gasteiger charge is 2.26. The van der Waals surface area contributed by atoms with E-state index in [9.17, 15) is 9.59 Å². The summed E-state index contributed by atoms with van der Waals surface area (Å²) in [5, 5.41) is 6.17. The van der Waals surface area contributed by atoms with Crippen LogP contribution < -0.4 is 15.4 Å². The number of nitrogens with zero attached hydrogens (tertiary/aromatic N) is 2. The third kappa shape index (κ3) is 5.31. The molecule has 2 heterocycles. The summed E-state index contributed by atoms with van der Waals surface area (Å²) in [5.41, 5.74) is 4.62. The van der Waals surface area contributed by atoms with Gasteiger partial charge in [-0.25, -0.2) is 9.97 Å². The minimum atomic E-state index is -0.129. The van der Waals surface area contributed by atoms with Crippen molar-refractivity contribution in [1.29, 1.82) is 0 Å². The molecule has 2 aliphatic carbocycles. The number of ether oxygens (including phenoxy) is 1. The average Bonchev–Trinajstić information content (AvgIpc) is 3.59. The maximum absolute atomic E-state index is 13.3. The Bertz CT molecular complexity index is 1260. The Labute approximate surface area is 205 Å². The molecule has 0 atom stereocenters. The summed E-state index contributed by atoms with van der Waals surface area (Å²) in [6.45, 7) is 6.18. The lowest BCUT2D eigenvalue weighted by Gasteiger charge is -2.29. The third-order valence-electron chi connectivity index (χ3n) is 6.97. The molecule has 0 bridgehead atoms. The number of hydrogen-bond donors (Lipinski definition) is 3. The predicted octanol–water partition coefficient (Wildman–Crippen LogP) is 4.21. The molecule has 3 N–H and O–H groups in total. The molecular formula is C27H33N5O3. The second kappa shape index (κ2) is 9.68. The highest BCUT2D eigenvalue weighted by molar-refractivity contribution is 6.06. The fourth-order valence-corrected chi connectivity index (χ4v) is 4.88. The number of hydrogen-bond acceptors (Lipinski definition) is 5. The van der Waals surface area contributed by atoms with Gasteiger partial charge in [-0.3, -0.25) is 9.59 Å². The van der Waals surface area contributed by atoms with Gasteiger partial charge >= 0.3 is 0 Å². The first kappa shape index (κ1) is 23.3. The van der Waals surface area contributed by atoms with Crippen molar-refractivity contribution in [2.45, 2.75) is 71.4 Å². The zero-order valence-corrected chi connectivity index (χ0v) is 20.6. The number of aromatic nitrogens is 3. The first-order valence-corrected chi connectivity index (χ1v) is 12.5. The van der Waals surface area contributed by atoms with Crippen LogP contribution >= 0.6 is 0 Å². The molecule has 8 nitrogen and oxygen atoms in total. The Balaban J connectivity index is 1.38. The molecule has 1 aromatic carbocycles. The lowest BCUT2D eigenvalue weighted by Crippen LogP contribution is -2.43. The van der Waals surface area contributed by atoms with Crippen LogP contribution in [0.3, 0.4) is 0 Å². The van der Waals surface area contributed by atoms with Crippen molar-refractivity contribution < 1.29 is 14.3 Å². The summed E-state index contributed by atoms with van der Waals surface area (Å²) in [7, 11) is 0. The van der Waals surface area contributed by atoms with E-state index in [1.165, 1.54) is 12.8 Å². The van der Waals surface area contributed by atoms with Crippen LogP contribution in [-0.4, -0.2) is 45.5 Å². The fourth-order valence-electron chi connectivity index (χ4n) is 4.88. The standard InChI is InChI=1S/C27H33N5O3/c1-15-4-11-23(35-14-18-5-6-18)21(12-15)26-28-13-22-25(32-26)24(16(2)29-22)27(34)31-20-9-7-19(8-10-20)30-17(3)33/h4,11-13,18-20,29H,5-10,14H2,1-3H3,(H,30,33)(H,31,34). The molecule has 0 aliphatic heterocycles. The van der Waals surface area contributed by atoms with E-state index in [-0.39, 0.29) is 23.9 Å². The number of H-pyrrole nitrogens is 1. The van der Waals surface area contributed by atoms with E-state index in [2.05, 4.69) is 20.6 Å². The number of aryl methyl sites for hydroxylation is 2. The molecule has 2 saturated carbocycles. The van der Waals surface area contributed by atoms with Gasteiger partial charge < -0.3 is 20.4 Å². The largest absolute Gasteiger partial charge is 0.493 e. The Morgan fingerprint density at radius 2 is 1.77 bits per heavy atom. The van der Waals surface area contributed by atoms with Crippen molar-refractivity contribution in [3.63, 3.8) is 0 Å². The maximum atomic E-state index is 13.3. The van der Waals surface area contributed by atoms with Crippen LogP contribution in [0.15, 0.2) is 24.4 Å². The minimum Gasteiger partial charge on any atom is -0.493 e. The average molecular weight is 476 g/mol. The van der Waals surface area contributed by atoms with Gasteiger partial charge in [0.05, 0.1) is 29.4 Å². The number of fused-ring (bicyclic) bond motifs is 1. The van der Waals surface area contributed by atoms with Crippen LogP contribution in [0, 0.1) is 19.8 Å². The summed E-state index contributed by atoms with van der Waals surface area (Å²) in [6.07, 6.45) is 7.58. The van der Waals surface area contributed by atoms with E-state index in [1.807, 2.05) is 32.0 Å². The summed E-state index contributed by atoms with van der Waals surface area (Å²) in [6, 6.07) is 6.32. The lowest BCUT2D eigenvalue weighted by atomic mass is 9.91. The molecule has 184 valence electrons. The van der Waals surface area contributed by atoms with Crippen molar-refractivity contribution in [3.8, 4) is 17.1 Å². The Morgan fingerprint density at radius 1 is 1.06 bits per heavy atom. The van der Waals surface area contributed by atoms with Gasteiger partial charge in [0, 0.05) is 24.7 Å².